The number of hydrogen-bond acceptors (Lipinski definition) is 2. The van der Waals surface area contributed by atoms with Crippen LogP contribution in [0, 0.1) is 0 Å². The molecule has 1 rings (SSSR count). The highest BCUT2D eigenvalue weighted by molar-refractivity contribution is 6.62. The predicted octanol–water partition coefficient (Wildman–Crippen LogP) is 0.899. The van der Waals surface area contributed by atoms with Crippen LogP contribution in [0.25, 0.3) is 0 Å². The topological polar surface area (TPSA) is 40.6 Å². The van der Waals surface area contributed by atoms with Crippen LogP contribution in [0.5, 0.6) is 0 Å². The zero-order chi connectivity index (χ0) is 9.84. The number of carbonyl (C=O) groups excluding carboxylic acids is 2. The summed E-state index contributed by atoms with van der Waals surface area (Å²) in [5.74, 6) is 0.176. The number of rotatable bonds is 3. The fraction of sp³-hybridized carbons (Fsp3) is 0.750. The van der Waals surface area contributed by atoms with Gasteiger partial charge in [-0.2, -0.15) is 0 Å². The molecule has 0 N–H and O–H groups in total. The van der Waals surface area contributed by atoms with E-state index in [0.29, 0.717) is 19.5 Å². The molecule has 1 saturated heterocycles. The smallest absolute Gasteiger partial charge is 0.316 e. The largest absolute Gasteiger partial charge is 0.341 e. The maximum absolute atomic E-state index is 11.1. The fourth-order valence-corrected chi connectivity index (χ4v) is 1.38. The minimum absolute atomic E-state index is 0.176. The molecule has 0 unspecified atom stereocenters. The lowest BCUT2D eigenvalue weighted by atomic mass is 10.4. The van der Waals surface area contributed by atoms with E-state index in [1.807, 2.05) is 0 Å². The number of likely N-dealkylation sites (tertiary alicyclic amines) is 1. The van der Waals surface area contributed by atoms with Crippen molar-refractivity contribution < 1.29 is 9.59 Å². The van der Waals surface area contributed by atoms with E-state index in [2.05, 4.69) is 0 Å². The molecule has 5 heteroatoms. The Hall–Kier alpha value is -0.770. The highest BCUT2D eigenvalue weighted by Gasteiger charge is 2.20. The zero-order valence-electron chi connectivity index (χ0n) is 7.62. The Kier molecular flexibility index (Phi) is 3.54. The normalized spacial score (nSPS) is 16.5. The van der Waals surface area contributed by atoms with Crippen molar-refractivity contribution in [3.8, 4) is 0 Å². The second-order valence-electron chi connectivity index (χ2n) is 3.16. The average Bonchev–Trinajstić information content (AvgIpc) is 2.47. The lowest BCUT2D eigenvalue weighted by Gasteiger charge is -2.19. The second kappa shape index (κ2) is 4.46. The number of likely N-dealkylation sites (N-methyl/N-ethyl adjacent to an activating group) is 1. The van der Waals surface area contributed by atoms with Crippen LogP contribution < -0.4 is 0 Å². The van der Waals surface area contributed by atoms with Crippen molar-refractivity contribution in [2.24, 2.45) is 0 Å². The lowest BCUT2D eigenvalue weighted by Crippen LogP contribution is -2.34. The van der Waals surface area contributed by atoms with E-state index < -0.39 is 5.37 Å². The van der Waals surface area contributed by atoms with Crippen LogP contribution in [0.15, 0.2) is 0 Å². The molecule has 2 amide bonds. The van der Waals surface area contributed by atoms with Crippen molar-refractivity contribution in [3.63, 3.8) is 0 Å². The third-order valence-electron chi connectivity index (χ3n) is 2.18. The number of halogens is 1. The van der Waals surface area contributed by atoms with Gasteiger partial charge >= 0.3 is 5.37 Å². The van der Waals surface area contributed by atoms with Gasteiger partial charge in [0.1, 0.15) is 0 Å². The lowest BCUT2D eigenvalue weighted by molar-refractivity contribution is -0.127. The summed E-state index contributed by atoms with van der Waals surface area (Å²) in [4.78, 5) is 24.9. The molecule has 0 radical (unpaired) electrons. The molecule has 1 aliphatic heterocycles. The van der Waals surface area contributed by atoms with Gasteiger partial charge in [0.25, 0.3) is 0 Å². The van der Waals surface area contributed by atoms with E-state index >= 15 is 0 Å². The summed E-state index contributed by atoms with van der Waals surface area (Å²) in [6, 6.07) is 0. The predicted molar refractivity (Wildman–Crippen MR) is 49.7 cm³/mol. The van der Waals surface area contributed by atoms with Gasteiger partial charge in [0.15, 0.2) is 0 Å². The van der Waals surface area contributed by atoms with E-state index in [4.69, 9.17) is 11.6 Å². The first-order valence-electron chi connectivity index (χ1n) is 4.29. The third kappa shape index (κ3) is 2.88. The minimum atomic E-state index is -0.480. The molecule has 0 atom stereocenters. The molecule has 4 nitrogen and oxygen atoms in total. The zero-order valence-corrected chi connectivity index (χ0v) is 8.38. The van der Waals surface area contributed by atoms with E-state index in [-0.39, 0.29) is 5.91 Å². The summed E-state index contributed by atoms with van der Waals surface area (Å²) >= 11 is 5.23. The first kappa shape index (κ1) is 10.3. The van der Waals surface area contributed by atoms with Gasteiger partial charge in [0, 0.05) is 33.1 Å². The fourth-order valence-electron chi connectivity index (χ4n) is 1.30. The van der Waals surface area contributed by atoms with Crippen molar-refractivity contribution in [1.29, 1.82) is 0 Å². The molecule has 0 aromatic heterocycles. The Labute approximate surface area is 82.4 Å². The molecule has 0 saturated carbocycles. The standard InChI is InChI=1S/C8H13ClN2O2/c1-10(8(9)13)5-6-11-4-2-3-7(11)12/h2-6H2,1H3. The van der Waals surface area contributed by atoms with Gasteiger partial charge in [-0.1, -0.05) is 0 Å². The average molecular weight is 205 g/mol. The van der Waals surface area contributed by atoms with Gasteiger partial charge in [-0.15, -0.1) is 0 Å². The van der Waals surface area contributed by atoms with Crippen LogP contribution in [0.3, 0.4) is 0 Å². The number of nitrogens with zero attached hydrogens (tertiary/aromatic N) is 2. The van der Waals surface area contributed by atoms with Crippen molar-refractivity contribution in [1.82, 2.24) is 9.80 Å². The molecular weight excluding hydrogens is 192 g/mol. The van der Waals surface area contributed by atoms with E-state index in [1.54, 1.807) is 11.9 Å². The molecule has 0 bridgehead atoms. The van der Waals surface area contributed by atoms with E-state index in [0.717, 1.165) is 13.0 Å². The number of amides is 2. The van der Waals surface area contributed by atoms with Crippen molar-refractivity contribution in [2.75, 3.05) is 26.7 Å². The van der Waals surface area contributed by atoms with Crippen molar-refractivity contribution in [2.45, 2.75) is 12.8 Å². The molecule has 0 aromatic carbocycles. The number of carbonyl (C=O) groups is 2. The van der Waals surface area contributed by atoms with Crippen LogP contribution in [-0.4, -0.2) is 47.8 Å². The summed E-state index contributed by atoms with van der Waals surface area (Å²) in [7, 11) is 1.62. The summed E-state index contributed by atoms with van der Waals surface area (Å²) in [6.07, 6.45) is 1.57. The molecule has 0 spiro atoms. The van der Waals surface area contributed by atoms with Gasteiger partial charge < -0.3 is 9.80 Å². The van der Waals surface area contributed by atoms with Crippen molar-refractivity contribution >= 4 is 22.9 Å². The third-order valence-corrected chi connectivity index (χ3v) is 2.47. The van der Waals surface area contributed by atoms with E-state index in [9.17, 15) is 9.59 Å². The Balaban J connectivity index is 2.25. The summed E-state index contributed by atoms with van der Waals surface area (Å²) < 4.78 is 0. The molecule has 1 aliphatic rings. The molecule has 74 valence electrons. The Bertz CT molecular complexity index is 220. The monoisotopic (exact) mass is 204 g/mol. The SMILES string of the molecule is CN(CCN1CCCC1=O)C(=O)Cl. The Morgan fingerprint density at radius 1 is 1.69 bits per heavy atom. The molecule has 0 aliphatic carbocycles. The van der Waals surface area contributed by atoms with Gasteiger partial charge in [-0.05, 0) is 18.0 Å². The summed E-state index contributed by atoms with van der Waals surface area (Å²) in [5.41, 5.74) is 0. The van der Waals surface area contributed by atoms with Gasteiger partial charge in [-0.3, -0.25) is 9.59 Å². The van der Waals surface area contributed by atoms with Gasteiger partial charge in [0.05, 0.1) is 0 Å². The second-order valence-corrected chi connectivity index (χ2v) is 3.48. The molecule has 0 aromatic rings. The maximum atomic E-state index is 11.1. The Morgan fingerprint density at radius 3 is 2.85 bits per heavy atom. The maximum Gasteiger partial charge on any atom is 0.316 e. The van der Waals surface area contributed by atoms with Crippen LogP contribution in [-0.2, 0) is 4.79 Å². The van der Waals surface area contributed by atoms with Crippen LogP contribution in [0.4, 0.5) is 4.79 Å². The summed E-state index contributed by atoms with van der Waals surface area (Å²) in [5, 5.41) is -0.480. The molecule has 13 heavy (non-hydrogen) atoms. The summed E-state index contributed by atoms with van der Waals surface area (Å²) in [6.45, 7) is 1.91. The molecular formula is C8H13ClN2O2. The van der Waals surface area contributed by atoms with Crippen LogP contribution in [0.2, 0.25) is 0 Å². The molecule has 1 heterocycles. The van der Waals surface area contributed by atoms with E-state index in [1.165, 1.54) is 4.90 Å². The highest BCUT2D eigenvalue weighted by atomic mass is 35.5. The van der Waals surface area contributed by atoms with Gasteiger partial charge in [-0.25, -0.2) is 0 Å². The first-order chi connectivity index (χ1) is 6.11. The van der Waals surface area contributed by atoms with Gasteiger partial charge in [0.2, 0.25) is 5.91 Å². The van der Waals surface area contributed by atoms with Crippen LogP contribution >= 0.6 is 11.6 Å². The molecule has 1 fully saturated rings. The van der Waals surface area contributed by atoms with Crippen molar-refractivity contribution in [3.05, 3.63) is 0 Å². The van der Waals surface area contributed by atoms with Crippen LogP contribution in [0.1, 0.15) is 12.8 Å². The minimum Gasteiger partial charge on any atom is -0.341 e. The number of hydrogen-bond donors (Lipinski definition) is 0. The highest BCUT2D eigenvalue weighted by Crippen LogP contribution is 2.08. The first-order valence-corrected chi connectivity index (χ1v) is 4.67. The Morgan fingerprint density at radius 2 is 2.38 bits per heavy atom. The quantitative estimate of drug-likeness (QED) is 0.506.